The second kappa shape index (κ2) is 9.99. The molecule has 2 aromatic heterocycles. The SMILES string of the molecule is Cc1cc(C)cc(N(C(=O)c2csnn2)[C@@H](C(=O)NC2CCCCC2)c2ccccn2)c1. The Balaban J connectivity index is 1.80. The van der Waals surface area contributed by atoms with Crippen LogP contribution in [0.15, 0.2) is 48.0 Å². The summed E-state index contributed by atoms with van der Waals surface area (Å²) in [6.07, 6.45) is 6.94. The molecule has 1 N–H and O–H groups in total. The highest BCUT2D eigenvalue weighted by atomic mass is 32.1. The fraction of sp³-hybridized carbons (Fsp3) is 0.375. The number of carbonyl (C=O) groups excluding carboxylic acids is 2. The van der Waals surface area contributed by atoms with E-state index in [2.05, 4.69) is 19.9 Å². The average molecular weight is 450 g/mol. The summed E-state index contributed by atoms with van der Waals surface area (Å²) in [6.45, 7) is 3.95. The maximum absolute atomic E-state index is 13.7. The van der Waals surface area contributed by atoms with Gasteiger partial charge in [-0.15, -0.1) is 5.10 Å². The van der Waals surface area contributed by atoms with Gasteiger partial charge in [-0.2, -0.15) is 0 Å². The van der Waals surface area contributed by atoms with Crippen LogP contribution >= 0.6 is 11.5 Å². The van der Waals surface area contributed by atoms with Crippen molar-refractivity contribution in [2.75, 3.05) is 4.90 Å². The molecule has 0 spiro atoms. The first-order valence-electron chi connectivity index (χ1n) is 10.9. The number of hydrogen-bond donors (Lipinski definition) is 1. The number of carbonyl (C=O) groups is 2. The molecule has 1 aliphatic rings. The van der Waals surface area contributed by atoms with Crippen molar-refractivity contribution in [3.8, 4) is 0 Å². The van der Waals surface area contributed by atoms with Crippen LogP contribution in [-0.4, -0.2) is 32.4 Å². The molecule has 0 unspecified atom stereocenters. The second-order valence-electron chi connectivity index (χ2n) is 8.31. The molecule has 1 aromatic carbocycles. The number of rotatable bonds is 6. The topological polar surface area (TPSA) is 88.1 Å². The third-order valence-electron chi connectivity index (χ3n) is 5.71. The van der Waals surface area contributed by atoms with Crippen LogP contribution in [0.5, 0.6) is 0 Å². The summed E-state index contributed by atoms with van der Waals surface area (Å²) in [6, 6.07) is 10.5. The number of nitrogens with zero attached hydrogens (tertiary/aromatic N) is 4. The highest BCUT2D eigenvalue weighted by Crippen LogP contribution is 2.31. The van der Waals surface area contributed by atoms with E-state index in [0.29, 0.717) is 11.4 Å². The van der Waals surface area contributed by atoms with Crippen LogP contribution in [0.1, 0.15) is 65.5 Å². The molecule has 32 heavy (non-hydrogen) atoms. The maximum Gasteiger partial charge on any atom is 0.280 e. The normalized spacial score (nSPS) is 15.2. The van der Waals surface area contributed by atoms with Gasteiger partial charge in [0, 0.05) is 23.3 Å². The van der Waals surface area contributed by atoms with Gasteiger partial charge in [-0.05, 0) is 73.6 Å². The smallest absolute Gasteiger partial charge is 0.280 e. The molecule has 2 heterocycles. The number of pyridine rings is 1. The van der Waals surface area contributed by atoms with E-state index >= 15 is 0 Å². The number of anilines is 1. The van der Waals surface area contributed by atoms with Crippen molar-refractivity contribution < 1.29 is 9.59 Å². The first kappa shape index (κ1) is 22.1. The van der Waals surface area contributed by atoms with Crippen molar-refractivity contribution >= 4 is 29.0 Å². The minimum absolute atomic E-state index is 0.111. The van der Waals surface area contributed by atoms with Crippen molar-refractivity contribution in [1.29, 1.82) is 0 Å². The first-order chi connectivity index (χ1) is 15.5. The molecule has 0 bridgehead atoms. The van der Waals surface area contributed by atoms with Crippen LogP contribution < -0.4 is 10.2 Å². The molecule has 1 aliphatic carbocycles. The number of aromatic nitrogens is 3. The quantitative estimate of drug-likeness (QED) is 0.603. The Hall–Kier alpha value is -3.13. The van der Waals surface area contributed by atoms with Gasteiger partial charge < -0.3 is 5.32 Å². The number of aryl methyl sites for hydroxylation is 2. The molecule has 3 aromatic rings. The minimum atomic E-state index is -0.923. The van der Waals surface area contributed by atoms with Crippen molar-refractivity contribution in [3.05, 3.63) is 70.5 Å². The molecule has 166 valence electrons. The van der Waals surface area contributed by atoms with Gasteiger partial charge in [-0.25, -0.2) is 0 Å². The van der Waals surface area contributed by atoms with Crippen molar-refractivity contribution in [2.24, 2.45) is 0 Å². The second-order valence-corrected chi connectivity index (χ2v) is 8.92. The lowest BCUT2D eigenvalue weighted by Crippen LogP contribution is -2.47. The first-order valence-corrected chi connectivity index (χ1v) is 11.8. The van der Waals surface area contributed by atoms with Crippen molar-refractivity contribution in [1.82, 2.24) is 19.9 Å². The number of nitrogens with one attached hydrogen (secondary N) is 1. The Labute approximate surface area is 192 Å². The lowest BCUT2D eigenvalue weighted by Gasteiger charge is -2.32. The van der Waals surface area contributed by atoms with Gasteiger partial charge in [0.1, 0.15) is 0 Å². The monoisotopic (exact) mass is 449 g/mol. The molecule has 1 fully saturated rings. The van der Waals surface area contributed by atoms with Crippen LogP contribution in [0.4, 0.5) is 5.69 Å². The Kier molecular flexibility index (Phi) is 6.90. The third-order valence-corrected chi connectivity index (χ3v) is 6.21. The molecular weight excluding hydrogens is 422 g/mol. The Bertz CT molecular complexity index is 1050. The van der Waals surface area contributed by atoms with E-state index < -0.39 is 6.04 Å². The van der Waals surface area contributed by atoms with Crippen LogP contribution in [0.3, 0.4) is 0 Å². The van der Waals surface area contributed by atoms with Crippen molar-refractivity contribution in [2.45, 2.75) is 58.0 Å². The number of amides is 2. The van der Waals surface area contributed by atoms with E-state index in [1.54, 1.807) is 23.7 Å². The van der Waals surface area contributed by atoms with E-state index in [9.17, 15) is 9.59 Å². The maximum atomic E-state index is 13.7. The van der Waals surface area contributed by atoms with Gasteiger partial charge in [0.25, 0.3) is 5.91 Å². The molecule has 4 rings (SSSR count). The predicted octanol–water partition coefficient (Wildman–Crippen LogP) is 4.39. The molecule has 7 nitrogen and oxygen atoms in total. The lowest BCUT2D eigenvalue weighted by atomic mass is 9.95. The largest absolute Gasteiger partial charge is 0.351 e. The van der Waals surface area contributed by atoms with Crippen LogP contribution in [0.25, 0.3) is 0 Å². The highest BCUT2D eigenvalue weighted by Gasteiger charge is 2.36. The fourth-order valence-electron chi connectivity index (χ4n) is 4.30. The summed E-state index contributed by atoms with van der Waals surface area (Å²) < 4.78 is 3.85. The standard InChI is InChI=1S/C24H27N5O2S/c1-16-12-17(2)14-19(13-16)29(24(31)21-15-32-28-27-21)22(20-10-6-7-11-25-20)23(30)26-18-8-4-3-5-9-18/h6-7,10-15,18,22H,3-5,8-9H2,1-2H3,(H,26,30)/t22-/m1/s1. The Morgan fingerprint density at radius 3 is 2.47 bits per heavy atom. The highest BCUT2D eigenvalue weighted by molar-refractivity contribution is 7.03. The van der Waals surface area contributed by atoms with Crippen LogP contribution in [0, 0.1) is 13.8 Å². The number of hydrogen-bond acceptors (Lipinski definition) is 6. The zero-order chi connectivity index (χ0) is 22.5. The van der Waals surface area contributed by atoms with Crippen LogP contribution in [-0.2, 0) is 4.79 Å². The Morgan fingerprint density at radius 2 is 1.84 bits per heavy atom. The lowest BCUT2D eigenvalue weighted by molar-refractivity contribution is -0.123. The van der Waals surface area contributed by atoms with Gasteiger partial charge in [-0.1, -0.05) is 35.9 Å². The molecule has 1 atom stereocenters. The third kappa shape index (κ3) is 5.02. The zero-order valence-corrected chi connectivity index (χ0v) is 19.1. The summed E-state index contributed by atoms with van der Waals surface area (Å²) >= 11 is 1.11. The molecule has 8 heteroatoms. The average Bonchev–Trinajstić information content (AvgIpc) is 3.32. The van der Waals surface area contributed by atoms with Gasteiger partial charge in [-0.3, -0.25) is 19.5 Å². The minimum Gasteiger partial charge on any atom is -0.351 e. The van der Waals surface area contributed by atoms with Gasteiger partial charge >= 0.3 is 0 Å². The summed E-state index contributed by atoms with van der Waals surface area (Å²) in [5, 5.41) is 8.78. The van der Waals surface area contributed by atoms with E-state index in [-0.39, 0.29) is 23.6 Å². The van der Waals surface area contributed by atoms with E-state index in [0.717, 1.165) is 48.3 Å². The molecule has 1 saturated carbocycles. The zero-order valence-electron chi connectivity index (χ0n) is 18.3. The number of benzene rings is 1. The molecule has 0 aliphatic heterocycles. The van der Waals surface area contributed by atoms with Crippen molar-refractivity contribution in [3.63, 3.8) is 0 Å². The molecule has 0 radical (unpaired) electrons. The van der Waals surface area contributed by atoms with E-state index in [1.807, 2.05) is 38.1 Å². The van der Waals surface area contributed by atoms with Gasteiger partial charge in [0.2, 0.25) is 5.91 Å². The molecular formula is C24H27N5O2S. The molecule has 0 saturated heterocycles. The Morgan fingerprint density at radius 1 is 1.09 bits per heavy atom. The summed E-state index contributed by atoms with van der Waals surface area (Å²) in [4.78, 5) is 33.3. The predicted molar refractivity (Wildman–Crippen MR) is 125 cm³/mol. The molecule has 2 amide bonds. The summed E-state index contributed by atoms with van der Waals surface area (Å²) in [5.74, 6) is -0.607. The van der Waals surface area contributed by atoms with Gasteiger partial charge in [0.05, 0.1) is 5.69 Å². The summed E-state index contributed by atoms with van der Waals surface area (Å²) in [5.41, 5.74) is 3.36. The van der Waals surface area contributed by atoms with E-state index in [1.165, 1.54) is 11.3 Å². The van der Waals surface area contributed by atoms with Crippen LogP contribution in [0.2, 0.25) is 0 Å². The van der Waals surface area contributed by atoms with E-state index in [4.69, 9.17) is 0 Å². The summed E-state index contributed by atoms with van der Waals surface area (Å²) in [7, 11) is 0. The fourth-order valence-corrected chi connectivity index (χ4v) is 4.73. The van der Waals surface area contributed by atoms with Gasteiger partial charge in [0.15, 0.2) is 11.7 Å².